The number of fused-ring (bicyclic) bond motifs is 1. The molecule has 0 aliphatic heterocycles. The molecule has 1 amide bonds. The maximum absolute atomic E-state index is 12.1. The summed E-state index contributed by atoms with van der Waals surface area (Å²) in [7, 11) is 0. The van der Waals surface area contributed by atoms with Crippen LogP contribution in [0.15, 0.2) is 73.1 Å². The maximum atomic E-state index is 12.1. The van der Waals surface area contributed by atoms with Gasteiger partial charge in [-0.15, -0.1) is 0 Å². The molecular weight excluding hydrogens is 350 g/mol. The molecule has 1 N–H and O–H groups in total. The van der Waals surface area contributed by atoms with Gasteiger partial charge in [0.1, 0.15) is 11.4 Å². The van der Waals surface area contributed by atoms with Crippen molar-refractivity contribution < 1.29 is 9.53 Å². The number of carbonyl (C=O) groups excluding carboxylic acids is 1. The van der Waals surface area contributed by atoms with Crippen LogP contribution in [0.1, 0.15) is 11.1 Å². The number of nitrogens with zero attached hydrogens (tertiary/aromatic N) is 2. The molecule has 0 saturated carbocycles. The Morgan fingerprint density at radius 2 is 1.86 bits per heavy atom. The molecule has 5 heteroatoms. The van der Waals surface area contributed by atoms with Gasteiger partial charge in [0.05, 0.1) is 5.69 Å². The smallest absolute Gasteiger partial charge is 0.262 e. The zero-order valence-corrected chi connectivity index (χ0v) is 15.8. The van der Waals surface area contributed by atoms with Gasteiger partial charge in [-0.3, -0.25) is 4.79 Å². The van der Waals surface area contributed by atoms with Crippen molar-refractivity contribution >= 4 is 17.2 Å². The van der Waals surface area contributed by atoms with E-state index in [4.69, 9.17) is 4.74 Å². The number of aryl methyl sites for hydroxylation is 2. The van der Waals surface area contributed by atoms with Crippen LogP contribution in [0, 0.1) is 13.8 Å². The van der Waals surface area contributed by atoms with Crippen LogP contribution in [0.2, 0.25) is 0 Å². The molecule has 4 rings (SSSR count). The van der Waals surface area contributed by atoms with Crippen molar-refractivity contribution in [2.75, 3.05) is 11.9 Å². The Balaban J connectivity index is 1.41. The van der Waals surface area contributed by atoms with E-state index in [1.807, 2.05) is 78.3 Å². The normalized spacial score (nSPS) is 10.8. The molecule has 2 heterocycles. The molecule has 5 nitrogen and oxygen atoms in total. The van der Waals surface area contributed by atoms with Gasteiger partial charge < -0.3 is 14.5 Å². The molecule has 0 aliphatic carbocycles. The van der Waals surface area contributed by atoms with Gasteiger partial charge in [0.15, 0.2) is 6.61 Å². The van der Waals surface area contributed by atoms with Crippen molar-refractivity contribution in [3.8, 4) is 17.0 Å². The summed E-state index contributed by atoms with van der Waals surface area (Å²) < 4.78 is 7.58. The number of anilines is 1. The molecule has 140 valence electrons. The van der Waals surface area contributed by atoms with E-state index < -0.39 is 0 Å². The van der Waals surface area contributed by atoms with Gasteiger partial charge >= 0.3 is 0 Å². The van der Waals surface area contributed by atoms with Crippen LogP contribution >= 0.6 is 0 Å². The minimum Gasteiger partial charge on any atom is -0.483 e. The van der Waals surface area contributed by atoms with E-state index in [-0.39, 0.29) is 12.5 Å². The first-order valence-corrected chi connectivity index (χ1v) is 9.12. The largest absolute Gasteiger partial charge is 0.483 e. The zero-order valence-electron chi connectivity index (χ0n) is 15.8. The quantitative estimate of drug-likeness (QED) is 0.556. The molecule has 28 heavy (non-hydrogen) atoms. The minimum absolute atomic E-state index is 0.0294. The molecule has 0 bridgehead atoms. The second-order valence-corrected chi connectivity index (χ2v) is 6.78. The first-order chi connectivity index (χ1) is 13.6. The summed E-state index contributed by atoms with van der Waals surface area (Å²) in [4.78, 5) is 16.8. The highest BCUT2D eigenvalue weighted by Crippen LogP contribution is 2.22. The number of pyridine rings is 1. The zero-order chi connectivity index (χ0) is 19.5. The summed E-state index contributed by atoms with van der Waals surface area (Å²) in [6.45, 7) is 3.97. The van der Waals surface area contributed by atoms with E-state index in [0.29, 0.717) is 0 Å². The van der Waals surface area contributed by atoms with E-state index in [0.717, 1.165) is 33.9 Å². The number of para-hydroxylation sites is 1. The van der Waals surface area contributed by atoms with Crippen LogP contribution in [0.25, 0.3) is 16.9 Å². The summed E-state index contributed by atoms with van der Waals surface area (Å²) in [6.07, 6.45) is 4.00. The molecule has 2 aromatic carbocycles. The van der Waals surface area contributed by atoms with E-state index >= 15 is 0 Å². The van der Waals surface area contributed by atoms with E-state index in [9.17, 15) is 4.79 Å². The molecule has 4 aromatic rings. The summed E-state index contributed by atoms with van der Waals surface area (Å²) in [5.41, 5.74) is 5.71. The van der Waals surface area contributed by atoms with Crippen molar-refractivity contribution in [1.29, 1.82) is 0 Å². The standard InChI is InChI=1S/C23H21N3O2/c1-16-11-12-26-14-20(25-22(26)13-16)18-7-9-19(10-8-18)24-23(27)15-28-21-6-4-3-5-17(21)2/h3-14H,15H2,1-2H3,(H,24,27). The Morgan fingerprint density at radius 1 is 1.07 bits per heavy atom. The van der Waals surface area contributed by atoms with Crippen LogP contribution in [0.3, 0.4) is 0 Å². The topological polar surface area (TPSA) is 55.6 Å². The first-order valence-electron chi connectivity index (χ1n) is 9.12. The lowest BCUT2D eigenvalue weighted by atomic mass is 10.1. The molecule has 0 saturated heterocycles. The highest BCUT2D eigenvalue weighted by molar-refractivity contribution is 5.92. The fraction of sp³-hybridized carbons (Fsp3) is 0.130. The Labute approximate surface area is 163 Å². The molecule has 0 spiro atoms. The number of amides is 1. The lowest BCUT2D eigenvalue weighted by molar-refractivity contribution is -0.118. The first kappa shape index (κ1) is 17.8. The summed E-state index contributed by atoms with van der Waals surface area (Å²) in [5, 5.41) is 2.85. The van der Waals surface area contributed by atoms with Crippen LogP contribution in [-0.4, -0.2) is 21.9 Å². The minimum atomic E-state index is -0.195. The van der Waals surface area contributed by atoms with Gasteiger partial charge in [-0.1, -0.05) is 30.3 Å². The molecule has 0 unspecified atom stereocenters. The van der Waals surface area contributed by atoms with E-state index in [1.54, 1.807) is 0 Å². The number of hydrogen-bond donors (Lipinski definition) is 1. The van der Waals surface area contributed by atoms with Crippen LogP contribution in [-0.2, 0) is 4.79 Å². The second-order valence-electron chi connectivity index (χ2n) is 6.78. The van der Waals surface area contributed by atoms with Gasteiger partial charge in [0.2, 0.25) is 0 Å². The van der Waals surface area contributed by atoms with Crippen molar-refractivity contribution in [2.45, 2.75) is 13.8 Å². The fourth-order valence-corrected chi connectivity index (χ4v) is 3.01. The molecule has 2 aromatic heterocycles. The van der Waals surface area contributed by atoms with Crippen molar-refractivity contribution in [3.63, 3.8) is 0 Å². The Bertz CT molecular complexity index is 1130. The molecular formula is C23H21N3O2. The maximum Gasteiger partial charge on any atom is 0.262 e. The number of rotatable bonds is 5. The van der Waals surface area contributed by atoms with Gasteiger partial charge in [-0.2, -0.15) is 0 Å². The molecule has 0 aliphatic rings. The lowest BCUT2D eigenvalue weighted by Gasteiger charge is -2.09. The Kier molecular flexibility index (Phi) is 4.81. The third-order valence-corrected chi connectivity index (χ3v) is 4.53. The van der Waals surface area contributed by atoms with Crippen molar-refractivity contribution in [1.82, 2.24) is 9.38 Å². The van der Waals surface area contributed by atoms with Gasteiger partial charge in [-0.05, 0) is 55.3 Å². The summed E-state index contributed by atoms with van der Waals surface area (Å²) in [5.74, 6) is 0.522. The highest BCUT2D eigenvalue weighted by Gasteiger charge is 2.07. The van der Waals surface area contributed by atoms with Crippen LogP contribution in [0.4, 0.5) is 5.69 Å². The third kappa shape index (κ3) is 3.88. The number of ether oxygens (including phenoxy) is 1. The second kappa shape index (κ2) is 7.56. The molecule has 0 radical (unpaired) electrons. The number of carbonyl (C=O) groups is 1. The SMILES string of the molecule is Cc1ccn2cc(-c3ccc(NC(=O)COc4ccccc4C)cc3)nc2c1. The third-order valence-electron chi connectivity index (χ3n) is 4.53. The Hall–Kier alpha value is -3.60. The predicted octanol–water partition coefficient (Wildman–Crippen LogP) is 4.64. The molecule has 0 atom stereocenters. The monoisotopic (exact) mass is 371 g/mol. The number of benzene rings is 2. The van der Waals surface area contributed by atoms with Crippen LogP contribution < -0.4 is 10.1 Å². The average Bonchev–Trinajstić information content (AvgIpc) is 3.11. The lowest BCUT2D eigenvalue weighted by Crippen LogP contribution is -2.20. The van der Waals surface area contributed by atoms with Gasteiger partial charge in [-0.25, -0.2) is 4.98 Å². The number of nitrogens with one attached hydrogen (secondary N) is 1. The van der Waals surface area contributed by atoms with Crippen LogP contribution in [0.5, 0.6) is 5.75 Å². The van der Waals surface area contributed by atoms with Gasteiger partial charge in [0.25, 0.3) is 5.91 Å². The summed E-state index contributed by atoms with van der Waals surface area (Å²) in [6, 6.07) is 19.4. The number of hydrogen-bond acceptors (Lipinski definition) is 3. The highest BCUT2D eigenvalue weighted by atomic mass is 16.5. The van der Waals surface area contributed by atoms with E-state index in [2.05, 4.69) is 23.3 Å². The number of imidazole rings is 1. The van der Waals surface area contributed by atoms with Crippen molar-refractivity contribution in [2.24, 2.45) is 0 Å². The van der Waals surface area contributed by atoms with Crippen molar-refractivity contribution in [3.05, 3.63) is 84.2 Å². The number of aromatic nitrogens is 2. The fourth-order valence-electron chi connectivity index (χ4n) is 3.01. The summed E-state index contributed by atoms with van der Waals surface area (Å²) >= 11 is 0. The van der Waals surface area contributed by atoms with Gasteiger partial charge in [0, 0.05) is 23.6 Å². The van der Waals surface area contributed by atoms with E-state index in [1.165, 1.54) is 5.56 Å². The molecule has 0 fully saturated rings. The Morgan fingerprint density at radius 3 is 2.64 bits per heavy atom. The predicted molar refractivity (Wildman–Crippen MR) is 111 cm³/mol. The average molecular weight is 371 g/mol.